The molecule has 3 heterocycles. The fourth-order valence-corrected chi connectivity index (χ4v) is 4.99. The van der Waals surface area contributed by atoms with Crippen molar-refractivity contribution in [2.75, 3.05) is 54.6 Å². The molecule has 1 unspecified atom stereocenters. The van der Waals surface area contributed by atoms with Gasteiger partial charge in [-0.3, -0.25) is 9.69 Å². The Kier molecular flexibility index (Phi) is 8.12. The monoisotopic (exact) mass is 486 g/mol. The Balaban J connectivity index is 1.41. The highest BCUT2D eigenvalue weighted by Gasteiger charge is 2.27. The van der Waals surface area contributed by atoms with Gasteiger partial charge in [-0.1, -0.05) is 0 Å². The van der Waals surface area contributed by atoms with Crippen LogP contribution in [-0.4, -0.2) is 85.0 Å². The van der Waals surface area contributed by atoms with E-state index in [4.69, 9.17) is 14.2 Å². The number of hydrogen-bond acceptors (Lipinski definition) is 8. The topological polar surface area (TPSA) is 94.0 Å². The SMILES string of the molecule is COc1cc(OC)c(OC)cc1CN1CCc2nnc(C(C)NC(=O)C3CCN(C)CC3)n2CC1. The average molecular weight is 487 g/mol. The van der Waals surface area contributed by atoms with Crippen molar-refractivity contribution in [1.29, 1.82) is 0 Å². The van der Waals surface area contributed by atoms with E-state index in [1.807, 2.05) is 19.1 Å². The maximum absolute atomic E-state index is 12.8. The van der Waals surface area contributed by atoms with Gasteiger partial charge in [0, 0.05) is 50.1 Å². The zero-order chi connectivity index (χ0) is 24.9. The number of nitrogens with zero attached hydrogens (tertiary/aromatic N) is 5. The van der Waals surface area contributed by atoms with Gasteiger partial charge < -0.3 is 29.0 Å². The predicted octanol–water partition coefficient (Wildman–Crippen LogP) is 1.88. The van der Waals surface area contributed by atoms with E-state index in [1.54, 1.807) is 21.3 Å². The Morgan fingerprint density at radius 1 is 1.00 bits per heavy atom. The van der Waals surface area contributed by atoms with Gasteiger partial charge >= 0.3 is 0 Å². The molecule has 1 atom stereocenters. The fourth-order valence-electron chi connectivity index (χ4n) is 4.99. The van der Waals surface area contributed by atoms with E-state index in [2.05, 4.69) is 36.9 Å². The lowest BCUT2D eigenvalue weighted by atomic mass is 9.96. The minimum absolute atomic E-state index is 0.0761. The normalized spacial score (nSPS) is 18.4. The molecule has 2 aromatic rings. The summed E-state index contributed by atoms with van der Waals surface area (Å²) in [6.07, 6.45) is 2.60. The molecule has 1 aromatic heterocycles. The molecule has 0 bridgehead atoms. The zero-order valence-electron chi connectivity index (χ0n) is 21.5. The number of fused-ring (bicyclic) bond motifs is 1. The molecule has 192 valence electrons. The summed E-state index contributed by atoms with van der Waals surface area (Å²) >= 11 is 0. The number of aromatic nitrogens is 3. The number of ether oxygens (including phenoxy) is 3. The van der Waals surface area contributed by atoms with Gasteiger partial charge in [-0.25, -0.2) is 0 Å². The number of benzene rings is 1. The Hall–Kier alpha value is -2.85. The first-order valence-electron chi connectivity index (χ1n) is 12.4. The number of rotatable bonds is 8. The van der Waals surface area contributed by atoms with Crippen LogP contribution in [0.15, 0.2) is 12.1 Å². The predicted molar refractivity (Wildman–Crippen MR) is 132 cm³/mol. The van der Waals surface area contributed by atoms with Crippen LogP contribution in [0.1, 0.15) is 43.0 Å². The summed E-state index contributed by atoms with van der Waals surface area (Å²) in [5.41, 5.74) is 1.04. The van der Waals surface area contributed by atoms with E-state index in [1.165, 1.54) is 0 Å². The van der Waals surface area contributed by atoms with Crippen LogP contribution >= 0.6 is 0 Å². The summed E-state index contributed by atoms with van der Waals surface area (Å²) in [7, 11) is 7.03. The molecule has 0 spiro atoms. The molecule has 1 fully saturated rings. The number of methoxy groups -OCH3 is 3. The van der Waals surface area contributed by atoms with Crippen LogP contribution in [0.2, 0.25) is 0 Å². The van der Waals surface area contributed by atoms with Crippen LogP contribution in [0.4, 0.5) is 0 Å². The maximum atomic E-state index is 12.8. The Labute approximate surface area is 207 Å². The van der Waals surface area contributed by atoms with Crippen molar-refractivity contribution in [3.63, 3.8) is 0 Å². The van der Waals surface area contributed by atoms with Gasteiger partial charge in [-0.15, -0.1) is 10.2 Å². The third-order valence-electron chi connectivity index (χ3n) is 7.16. The summed E-state index contributed by atoms with van der Waals surface area (Å²) in [5, 5.41) is 12.1. The fraction of sp³-hybridized carbons (Fsp3) is 0.640. The van der Waals surface area contributed by atoms with Crippen LogP contribution in [0.25, 0.3) is 0 Å². The molecule has 10 heteroatoms. The zero-order valence-corrected chi connectivity index (χ0v) is 21.5. The van der Waals surface area contributed by atoms with Gasteiger partial charge in [0.2, 0.25) is 5.91 Å². The molecule has 1 aromatic carbocycles. The highest BCUT2D eigenvalue weighted by molar-refractivity contribution is 5.79. The van der Waals surface area contributed by atoms with Crippen molar-refractivity contribution < 1.29 is 19.0 Å². The first kappa shape index (κ1) is 25.2. The molecule has 1 amide bonds. The van der Waals surface area contributed by atoms with Crippen molar-refractivity contribution >= 4 is 5.91 Å². The Morgan fingerprint density at radius 3 is 2.37 bits per heavy atom. The summed E-state index contributed by atoms with van der Waals surface area (Å²) < 4.78 is 18.7. The van der Waals surface area contributed by atoms with Crippen molar-refractivity contribution in [2.45, 2.75) is 45.3 Å². The van der Waals surface area contributed by atoms with Gasteiger partial charge in [0.05, 0.1) is 27.4 Å². The number of carbonyl (C=O) groups is 1. The molecule has 1 saturated heterocycles. The standard InChI is InChI=1S/C25H38N6O4/c1-17(26-25(32)18-6-9-29(2)10-7-18)24-28-27-23-8-11-30(12-13-31(23)24)16-19-14-21(34-4)22(35-5)15-20(19)33-3/h14-15,17-18H,6-13,16H2,1-5H3,(H,26,32). The summed E-state index contributed by atoms with van der Waals surface area (Å²) in [4.78, 5) is 17.5. The van der Waals surface area contributed by atoms with E-state index in [-0.39, 0.29) is 17.9 Å². The molecular formula is C25H38N6O4. The molecule has 4 rings (SSSR count). The number of hydrogen-bond donors (Lipinski definition) is 1. The van der Waals surface area contributed by atoms with Crippen molar-refractivity contribution in [1.82, 2.24) is 29.9 Å². The first-order valence-corrected chi connectivity index (χ1v) is 12.4. The van der Waals surface area contributed by atoms with E-state index in [9.17, 15) is 4.79 Å². The van der Waals surface area contributed by atoms with Gasteiger partial charge in [-0.2, -0.15) is 0 Å². The quantitative estimate of drug-likeness (QED) is 0.605. The average Bonchev–Trinajstić information content (AvgIpc) is 3.18. The molecule has 1 N–H and O–H groups in total. The molecule has 0 saturated carbocycles. The van der Waals surface area contributed by atoms with Gasteiger partial charge in [0.25, 0.3) is 0 Å². The number of likely N-dealkylation sites (tertiary alicyclic amines) is 1. The molecule has 0 radical (unpaired) electrons. The lowest BCUT2D eigenvalue weighted by Crippen LogP contribution is -2.40. The summed E-state index contributed by atoms with van der Waals surface area (Å²) in [6, 6.07) is 3.67. The van der Waals surface area contributed by atoms with Crippen molar-refractivity contribution in [2.24, 2.45) is 5.92 Å². The van der Waals surface area contributed by atoms with Crippen LogP contribution < -0.4 is 19.5 Å². The minimum atomic E-state index is -0.180. The van der Waals surface area contributed by atoms with Crippen LogP contribution in [0.3, 0.4) is 0 Å². The van der Waals surface area contributed by atoms with E-state index in [0.29, 0.717) is 11.5 Å². The molecule has 35 heavy (non-hydrogen) atoms. The Morgan fingerprint density at radius 2 is 1.69 bits per heavy atom. The van der Waals surface area contributed by atoms with E-state index >= 15 is 0 Å². The lowest BCUT2D eigenvalue weighted by Gasteiger charge is -2.29. The molecule has 2 aliphatic rings. The molecule has 2 aliphatic heterocycles. The molecule has 10 nitrogen and oxygen atoms in total. The maximum Gasteiger partial charge on any atom is 0.223 e. The number of piperidine rings is 1. The van der Waals surface area contributed by atoms with Crippen molar-refractivity contribution in [3.8, 4) is 17.2 Å². The Bertz CT molecular complexity index is 1020. The van der Waals surface area contributed by atoms with Gasteiger partial charge in [0.1, 0.15) is 11.6 Å². The van der Waals surface area contributed by atoms with E-state index < -0.39 is 0 Å². The number of nitrogens with one attached hydrogen (secondary N) is 1. The van der Waals surface area contributed by atoms with Crippen molar-refractivity contribution in [3.05, 3.63) is 29.3 Å². The molecule has 0 aliphatic carbocycles. The van der Waals surface area contributed by atoms with Crippen LogP contribution in [0.5, 0.6) is 17.2 Å². The third kappa shape index (κ3) is 5.70. The second-order valence-corrected chi connectivity index (χ2v) is 9.48. The third-order valence-corrected chi connectivity index (χ3v) is 7.16. The summed E-state index contributed by atoms with van der Waals surface area (Å²) in [6.45, 7) is 7.11. The molecular weight excluding hydrogens is 448 g/mol. The number of amides is 1. The van der Waals surface area contributed by atoms with Gasteiger partial charge in [0.15, 0.2) is 17.3 Å². The highest BCUT2D eigenvalue weighted by Crippen LogP contribution is 2.35. The smallest absolute Gasteiger partial charge is 0.223 e. The van der Waals surface area contributed by atoms with Crippen LogP contribution in [-0.2, 0) is 24.3 Å². The number of carbonyl (C=O) groups excluding carboxylic acids is 1. The van der Waals surface area contributed by atoms with Crippen LogP contribution in [0, 0.1) is 5.92 Å². The largest absolute Gasteiger partial charge is 0.496 e. The highest BCUT2D eigenvalue weighted by atomic mass is 16.5. The summed E-state index contributed by atoms with van der Waals surface area (Å²) in [5.74, 6) is 4.10. The minimum Gasteiger partial charge on any atom is -0.496 e. The second kappa shape index (κ2) is 11.3. The van der Waals surface area contributed by atoms with E-state index in [0.717, 1.165) is 81.5 Å². The lowest BCUT2D eigenvalue weighted by molar-refractivity contribution is -0.127. The van der Waals surface area contributed by atoms with Gasteiger partial charge in [-0.05, 0) is 46.0 Å². The first-order chi connectivity index (χ1) is 16.9. The second-order valence-electron chi connectivity index (χ2n) is 9.48.